The van der Waals surface area contributed by atoms with E-state index in [1.54, 1.807) is 4.90 Å². The Bertz CT molecular complexity index is 297. The van der Waals surface area contributed by atoms with Crippen LogP contribution in [-0.2, 0) is 19.1 Å². The number of amides is 1. The lowest BCUT2D eigenvalue weighted by Crippen LogP contribution is -2.47. The molecule has 0 aromatic rings. The predicted octanol–water partition coefficient (Wildman–Crippen LogP) is 0.328. The molecular weight excluding hydrogens is 250 g/mol. The van der Waals surface area contributed by atoms with Gasteiger partial charge in [-0.2, -0.15) is 0 Å². The van der Waals surface area contributed by atoms with Gasteiger partial charge in [-0.1, -0.05) is 6.92 Å². The van der Waals surface area contributed by atoms with E-state index in [4.69, 9.17) is 4.74 Å². The van der Waals surface area contributed by atoms with Crippen LogP contribution < -0.4 is 0 Å². The Morgan fingerprint density at radius 2 is 2.26 bits per heavy atom. The average Bonchev–Trinajstić information content (AvgIpc) is 2.96. The maximum absolute atomic E-state index is 12.3. The average molecular weight is 273 g/mol. The van der Waals surface area contributed by atoms with Gasteiger partial charge in [0.1, 0.15) is 6.10 Å². The van der Waals surface area contributed by atoms with E-state index < -0.39 is 6.10 Å². The molecule has 0 aromatic carbocycles. The fraction of sp³-hybridized carbons (Fsp3) is 0.846. The Kier molecular flexibility index (Phi) is 6.80. The van der Waals surface area contributed by atoms with Gasteiger partial charge in [-0.3, -0.25) is 9.59 Å². The summed E-state index contributed by atoms with van der Waals surface area (Å²) in [6, 6.07) is -0.277. The third-order valence-electron chi connectivity index (χ3n) is 3.40. The Hall–Kier alpha value is -1.14. The smallest absolute Gasteiger partial charge is 0.307 e. The first-order valence-electron chi connectivity index (χ1n) is 6.73. The van der Waals surface area contributed by atoms with E-state index in [-0.39, 0.29) is 37.5 Å². The predicted molar refractivity (Wildman–Crippen MR) is 68.5 cm³/mol. The number of methoxy groups -OCH3 is 1. The van der Waals surface area contributed by atoms with E-state index in [0.717, 1.165) is 6.42 Å². The number of aliphatic hydroxyl groups excluding tert-OH is 1. The zero-order chi connectivity index (χ0) is 14.3. The standard InChI is InChI=1S/C13H23NO5/c1-3-10(9-15)14(7-6-12(16)18-2)13(17)11-5-4-8-19-11/h10-11,15H,3-9H2,1-2H3. The third-order valence-corrected chi connectivity index (χ3v) is 3.40. The van der Waals surface area contributed by atoms with Gasteiger partial charge in [0.05, 0.1) is 26.2 Å². The lowest BCUT2D eigenvalue weighted by molar-refractivity contribution is -0.147. The first-order chi connectivity index (χ1) is 9.13. The van der Waals surface area contributed by atoms with Gasteiger partial charge in [-0.25, -0.2) is 0 Å². The van der Waals surface area contributed by atoms with Crippen LogP contribution in [0.3, 0.4) is 0 Å². The number of carbonyl (C=O) groups is 2. The molecule has 2 unspecified atom stereocenters. The topological polar surface area (TPSA) is 76.1 Å². The molecule has 1 aliphatic rings. The van der Waals surface area contributed by atoms with Gasteiger partial charge >= 0.3 is 5.97 Å². The third kappa shape index (κ3) is 4.47. The molecule has 0 radical (unpaired) electrons. The number of carbonyl (C=O) groups excluding carboxylic acids is 2. The van der Waals surface area contributed by atoms with Crippen molar-refractivity contribution in [3.63, 3.8) is 0 Å². The maximum atomic E-state index is 12.3. The van der Waals surface area contributed by atoms with Crippen molar-refractivity contribution in [3.05, 3.63) is 0 Å². The minimum absolute atomic E-state index is 0.115. The zero-order valence-electron chi connectivity index (χ0n) is 11.6. The Morgan fingerprint density at radius 1 is 1.53 bits per heavy atom. The fourth-order valence-corrected chi connectivity index (χ4v) is 2.19. The van der Waals surface area contributed by atoms with Crippen molar-refractivity contribution < 1.29 is 24.2 Å². The molecule has 110 valence electrons. The van der Waals surface area contributed by atoms with E-state index in [0.29, 0.717) is 19.4 Å². The largest absolute Gasteiger partial charge is 0.469 e. The molecule has 0 spiro atoms. The Morgan fingerprint density at radius 3 is 2.74 bits per heavy atom. The van der Waals surface area contributed by atoms with Crippen LogP contribution in [0.2, 0.25) is 0 Å². The quantitative estimate of drug-likeness (QED) is 0.676. The van der Waals surface area contributed by atoms with Gasteiger partial charge in [0.2, 0.25) is 0 Å². The first-order valence-corrected chi connectivity index (χ1v) is 6.73. The van der Waals surface area contributed by atoms with Crippen molar-refractivity contribution in [1.29, 1.82) is 0 Å². The van der Waals surface area contributed by atoms with Crippen LogP contribution in [0.5, 0.6) is 0 Å². The van der Waals surface area contributed by atoms with Gasteiger partial charge in [-0.05, 0) is 19.3 Å². The molecule has 0 saturated carbocycles. The van der Waals surface area contributed by atoms with Crippen molar-refractivity contribution in [3.8, 4) is 0 Å². The van der Waals surface area contributed by atoms with E-state index in [2.05, 4.69) is 4.74 Å². The summed E-state index contributed by atoms with van der Waals surface area (Å²) in [4.78, 5) is 25.1. The summed E-state index contributed by atoms with van der Waals surface area (Å²) >= 11 is 0. The molecule has 6 heteroatoms. The lowest BCUT2D eigenvalue weighted by atomic mass is 10.1. The number of hydrogen-bond acceptors (Lipinski definition) is 5. The Balaban J connectivity index is 2.66. The van der Waals surface area contributed by atoms with E-state index in [1.807, 2.05) is 6.92 Å². The minimum atomic E-state index is -0.432. The second-order valence-corrected chi connectivity index (χ2v) is 4.60. The number of ether oxygens (including phenoxy) is 2. The van der Waals surface area contributed by atoms with E-state index in [1.165, 1.54) is 7.11 Å². The molecule has 1 N–H and O–H groups in total. The molecule has 1 rings (SSSR count). The van der Waals surface area contributed by atoms with Crippen LogP contribution in [0, 0.1) is 0 Å². The fourth-order valence-electron chi connectivity index (χ4n) is 2.19. The molecule has 1 heterocycles. The molecule has 0 bridgehead atoms. The molecule has 1 saturated heterocycles. The molecule has 1 amide bonds. The summed E-state index contributed by atoms with van der Waals surface area (Å²) in [6.07, 6.45) is 1.91. The molecule has 2 atom stereocenters. The van der Waals surface area contributed by atoms with Crippen molar-refractivity contribution >= 4 is 11.9 Å². The molecule has 1 aliphatic heterocycles. The summed E-state index contributed by atoms with van der Waals surface area (Å²) in [7, 11) is 1.32. The second-order valence-electron chi connectivity index (χ2n) is 4.60. The van der Waals surface area contributed by atoms with Crippen molar-refractivity contribution in [1.82, 2.24) is 4.90 Å². The molecular formula is C13H23NO5. The van der Waals surface area contributed by atoms with Crippen molar-refractivity contribution in [2.45, 2.75) is 44.8 Å². The molecule has 0 aliphatic carbocycles. The van der Waals surface area contributed by atoms with Gasteiger partial charge in [0, 0.05) is 13.2 Å². The Labute approximate surface area is 113 Å². The highest BCUT2D eigenvalue weighted by atomic mass is 16.5. The number of nitrogens with zero attached hydrogens (tertiary/aromatic N) is 1. The second kappa shape index (κ2) is 8.12. The zero-order valence-corrected chi connectivity index (χ0v) is 11.6. The summed E-state index contributed by atoms with van der Waals surface area (Å²) in [5.74, 6) is -0.500. The van der Waals surface area contributed by atoms with Gasteiger partial charge < -0.3 is 19.5 Å². The van der Waals surface area contributed by atoms with Crippen LogP contribution in [0.1, 0.15) is 32.6 Å². The number of rotatable bonds is 7. The summed E-state index contributed by atoms with van der Waals surface area (Å²) in [6.45, 7) is 2.63. The summed E-state index contributed by atoms with van der Waals surface area (Å²) < 4.78 is 9.96. The van der Waals surface area contributed by atoms with Crippen molar-refractivity contribution in [2.24, 2.45) is 0 Å². The van der Waals surface area contributed by atoms with E-state index >= 15 is 0 Å². The van der Waals surface area contributed by atoms with Crippen LogP contribution >= 0.6 is 0 Å². The molecule has 19 heavy (non-hydrogen) atoms. The summed E-state index contributed by atoms with van der Waals surface area (Å²) in [5, 5.41) is 9.36. The highest BCUT2D eigenvalue weighted by Crippen LogP contribution is 2.17. The van der Waals surface area contributed by atoms with Crippen molar-refractivity contribution in [2.75, 3.05) is 26.9 Å². The maximum Gasteiger partial charge on any atom is 0.307 e. The highest BCUT2D eigenvalue weighted by Gasteiger charge is 2.31. The number of hydrogen-bond donors (Lipinski definition) is 1. The van der Waals surface area contributed by atoms with E-state index in [9.17, 15) is 14.7 Å². The SMILES string of the molecule is CCC(CO)N(CCC(=O)OC)C(=O)C1CCCO1. The minimum Gasteiger partial charge on any atom is -0.469 e. The summed E-state index contributed by atoms with van der Waals surface area (Å²) in [5.41, 5.74) is 0. The molecule has 1 fully saturated rings. The molecule has 6 nitrogen and oxygen atoms in total. The van der Waals surface area contributed by atoms with Crippen LogP contribution in [0.25, 0.3) is 0 Å². The van der Waals surface area contributed by atoms with Gasteiger partial charge in [0.15, 0.2) is 0 Å². The lowest BCUT2D eigenvalue weighted by Gasteiger charge is -2.31. The van der Waals surface area contributed by atoms with Crippen LogP contribution in [0.15, 0.2) is 0 Å². The number of esters is 1. The monoisotopic (exact) mass is 273 g/mol. The normalized spacial score (nSPS) is 20.1. The molecule has 0 aromatic heterocycles. The highest BCUT2D eigenvalue weighted by molar-refractivity contribution is 5.82. The number of aliphatic hydroxyl groups is 1. The van der Waals surface area contributed by atoms with Gasteiger partial charge in [-0.15, -0.1) is 0 Å². The van der Waals surface area contributed by atoms with Gasteiger partial charge in [0.25, 0.3) is 5.91 Å². The van der Waals surface area contributed by atoms with Crippen LogP contribution in [0.4, 0.5) is 0 Å². The first kappa shape index (κ1) is 15.9. The van der Waals surface area contributed by atoms with Crippen LogP contribution in [-0.4, -0.2) is 60.9 Å².